The molecule has 0 aromatic heterocycles. The van der Waals surface area contributed by atoms with Gasteiger partial charge in [-0.3, -0.25) is 0 Å². The third-order valence-corrected chi connectivity index (χ3v) is 2.81. The van der Waals surface area contributed by atoms with E-state index >= 15 is 0 Å². The summed E-state index contributed by atoms with van der Waals surface area (Å²) >= 11 is 0. The van der Waals surface area contributed by atoms with Crippen LogP contribution >= 0.6 is 0 Å². The molecule has 2 nitrogen and oxygen atoms in total. The Morgan fingerprint density at radius 1 is 1.47 bits per heavy atom. The fourth-order valence-electron chi connectivity index (χ4n) is 1.95. The molecule has 0 amide bonds. The molecule has 15 heavy (non-hydrogen) atoms. The van der Waals surface area contributed by atoms with Gasteiger partial charge in [0.25, 0.3) is 0 Å². The lowest BCUT2D eigenvalue weighted by Gasteiger charge is -2.12. The van der Waals surface area contributed by atoms with E-state index in [0.717, 1.165) is 12.8 Å². The minimum Gasteiger partial charge on any atom is -0.487 e. The van der Waals surface area contributed by atoms with Gasteiger partial charge in [0.15, 0.2) is 0 Å². The molecular weight excluding hydrogens is 195 g/mol. The maximum atomic E-state index is 13.3. The first kappa shape index (κ1) is 10.4. The second-order valence-corrected chi connectivity index (χ2v) is 4.03. The summed E-state index contributed by atoms with van der Waals surface area (Å²) in [5.41, 5.74) is 1.26. The number of fused-ring (bicyclic) bond motifs is 1. The van der Waals surface area contributed by atoms with Crippen LogP contribution in [0.5, 0.6) is 5.75 Å². The number of hydrogen-bond donors (Lipinski definition) is 1. The van der Waals surface area contributed by atoms with Crippen molar-refractivity contribution in [1.82, 2.24) is 0 Å². The highest BCUT2D eigenvalue weighted by Gasteiger charge is 2.32. The van der Waals surface area contributed by atoms with Gasteiger partial charge in [0.2, 0.25) is 0 Å². The lowest BCUT2D eigenvalue weighted by molar-refractivity contribution is 0.0616. The summed E-state index contributed by atoms with van der Waals surface area (Å²) in [6, 6.07) is 3.04. The van der Waals surface area contributed by atoms with E-state index in [1.54, 1.807) is 13.0 Å². The molecule has 0 radical (unpaired) electrons. The minimum absolute atomic E-state index is 0.216. The zero-order valence-electron chi connectivity index (χ0n) is 8.96. The van der Waals surface area contributed by atoms with Gasteiger partial charge in [-0.2, -0.15) is 0 Å². The van der Waals surface area contributed by atoms with E-state index in [0.29, 0.717) is 16.9 Å². The van der Waals surface area contributed by atoms with Gasteiger partial charge in [-0.1, -0.05) is 13.3 Å². The Bertz CT molecular complexity index is 376. The molecule has 0 fully saturated rings. The third kappa shape index (κ3) is 1.72. The highest BCUT2D eigenvalue weighted by molar-refractivity contribution is 5.42. The number of rotatable bonds is 2. The number of benzene rings is 1. The number of aryl methyl sites for hydroxylation is 1. The SMILES string of the molecule is CCCC1Oc2cc(F)c(C)cc2C1O. The number of halogens is 1. The lowest BCUT2D eigenvalue weighted by Crippen LogP contribution is -2.17. The van der Waals surface area contributed by atoms with Gasteiger partial charge in [-0.15, -0.1) is 0 Å². The van der Waals surface area contributed by atoms with Gasteiger partial charge in [-0.25, -0.2) is 4.39 Å². The number of aliphatic hydroxyl groups excluding tert-OH is 1. The van der Waals surface area contributed by atoms with Crippen LogP contribution in [0.1, 0.15) is 37.0 Å². The van der Waals surface area contributed by atoms with E-state index in [2.05, 4.69) is 0 Å². The van der Waals surface area contributed by atoms with Crippen molar-refractivity contribution in [2.24, 2.45) is 0 Å². The summed E-state index contributed by atoms with van der Waals surface area (Å²) < 4.78 is 18.8. The first-order valence-corrected chi connectivity index (χ1v) is 5.28. The predicted octanol–water partition coefficient (Wildman–Crippen LogP) is 2.73. The Labute approximate surface area is 88.7 Å². The quantitative estimate of drug-likeness (QED) is 0.813. The van der Waals surface area contributed by atoms with Gasteiger partial charge < -0.3 is 9.84 Å². The van der Waals surface area contributed by atoms with Gasteiger partial charge in [0.1, 0.15) is 23.8 Å². The van der Waals surface area contributed by atoms with Crippen LogP contribution in [-0.2, 0) is 0 Å². The molecule has 1 aliphatic rings. The van der Waals surface area contributed by atoms with Gasteiger partial charge >= 0.3 is 0 Å². The molecule has 0 bridgehead atoms. The summed E-state index contributed by atoms with van der Waals surface area (Å²) in [6.45, 7) is 3.72. The number of hydrogen-bond acceptors (Lipinski definition) is 2. The van der Waals surface area contributed by atoms with E-state index in [4.69, 9.17) is 4.74 Å². The van der Waals surface area contributed by atoms with Crippen molar-refractivity contribution in [1.29, 1.82) is 0 Å². The third-order valence-electron chi connectivity index (χ3n) is 2.81. The second-order valence-electron chi connectivity index (χ2n) is 4.03. The van der Waals surface area contributed by atoms with Gasteiger partial charge in [0.05, 0.1) is 0 Å². The van der Waals surface area contributed by atoms with Crippen LogP contribution in [0.3, 0.4) is 0 Å². The Morgan fingerprint density at radius 3 is 2.87 bits per heavy atom. The summed E-state index contributed by atoms with van der Waals surface area (Å²) in [6.07, 6.45) is 0.902. The Balaban J connectivity index is 2.33. The molecule has 0 spiro atoms. The zero-order valence-corrected chi connectivity index (χ0v) is 8.96. The van der Waals surface area contributed by atoms with Gasteiger partial charge in [-0.05, 0) is 25.0 Å². The van der Waals surface area contributed by atoms with E-state index in [-0.39, 0.29) is 11.9 Å². The van der Waals surface area contributed by atoms with Crippen LogP contribution in [0.2, 0.25) is 0 Å². The molecule has 1 heterocycles. The zero-order chi connectivity index (χ0) is 11.0. The summed E-state index contributed by atoms with van der Waals surface area (Å²) in [4.78, 5) is 0. The molecule has 2 atom stereocenters. The lowest BCUT2D eigenvalue weighted by atomic mass is 10.0. The molecule has 0 saturated carbocycles. The molecule has 1 aromatic rings. The van der Waals surface area contributed by atoms with Crippen molar-refractivity contribution < 1.29 is 14.2 Å². The van der Waals surface area contributed by atoms with Gasteiger partial charge in [0, 0.05) is 11.6 Å². The molecule has 2 rings (SSSR count). The normalized spacial score (nSPS) is 23.7. The van der Waals surface area contributed by atoms with Crippen molar-refractivity contribution >= 4 is 0 Å². The first-order chi connectivity index (χ1) is 7.13. The van der Waals surface area contributed by atoms with Crippen LogP contribution in [0.4, 0.5) is 4.39 Å². The highest BCUT2D eigenvalue weighted by Crippen LogP contribution is 2.39. The topological polar surface area (TPSA) is 29.5 Å². The molecule has 3 heteroatoms. The smallest absolute Gasteiger partial charge is 0.129 e. The van der Waals surface area contributed by atoms with Crippen molar-refractivity contribution in [2.75, 3.05) is 0 Å². The molecule has 0 saturated heterocycles. The van der Waals surface area contributed by atoms with Crippen molar-refractivity contribution in [3.05, 3.63) is 29.1 Å². The maximum Gasteiger partial charge on any atom is 0.129 e. The monoisotopic (exact) mass is 210 g/mol. The molecule has 2 unspecified atom stereocenters. The Hall–Kier alpha value is -1.09. The van der Waals surface area contributed by atoms with E-state index in [9.17, 15) is 9.50 Å². The average Bonchev–Trinajstić information content (AvgIpc) is 2.47. The summed E-state index contributed by atoms with van der Waals surface area (Å²) in [5, 5.41) is 9.94. The Kier molecular flexibility index (Phi) is 2.65. The van der Waals surface area contributed by atoms with Crippen molar-refractivity contribution in [3.63, 3.8) is 0 Å². The summed E-state index contributed by atoms with van der Waals surface area (Å²) in [5.74, 6) is 0.210. The minimum atomic E-state index is -0.612. The van der Waals surface area contributed by atoms with Crippen LogP contribution in [0.25, 0.3) is 0 Å². The first-order valence-electron chi connectivity index (χ1n) is 5.28. The van der Waals surface area contributed by atoms with Crippen LogP contribution in [-0.4, -0.2) is 11.2 Å². The summed E-state index contributed by atoms with van der Waals surface area (Å²) in [7, 11) is 0. The molecule has 1 aliphatic heterocycles. The fraction of sp³-hybridized carbons (Fsp3) is 0.500. The van der Waals surface area contributed by atoms with Crippen molar-refractivity contribution in [3.8, 4) is 5.75 Å². The van der Waals surface area contributed by atoms with Crippen LogP contribution in [0.15, 0.2) is 12.1 Å². The van der Waals surface area contributed by atoms with E-state index in [1.165, 1.54) is 6.07 Å². The molecule has 0 aliphatic carbocycles. The van der Waals surface area contributed by atoms with Crippen LogP contribution in [0, 0.1) is 12.7 Å². The largest absolute Gasteiger partial charge is 0.487 e. The predicted molar refractivity (Wildman–Crippen MR) is 55.4 cm³/mol. The molecule has 82 valence electrons. The standard InChI is InChI=1S/C12H15FO2/c1-3-4-10-12(14)8-5-7(2)9(13)6-11(8)15-10/h5-6,10,12,14H,3-4H2,1-2H3. The molecular formula is C12H15FO2. The second kappa shape index (κ2) is 3.81. The Morgan fingerprint density at radius 2 is 2.20 bits per heavy atom. The highest BCUT2D eigenvalue weighted by atomic mass is 19.1. The molecule has 1 aromatic carbocycles. The molecule has 1 N–H and O–H groups in total. The van der Waals surface area contributed by atoms with E-state index < -0.39 is 6.10 Å². The van der Waals surface area contributed by atoms with E-state index in [1.807, 2.05) is 6.92 Å². The fourth-order valence-corrected chi connectivity index (χ4v) is 1.95. The van der Waals surface area contributed by atoms with Crippen LogP contribution < -0.4 is 4.74 Å². The average molecular weight is 210 g/mol. The number of ether oxygens (including phenoxy) is 1. The number of aliphatic hydroxyl groups is 1. The van der Waals surface area contributed by atoms with Crippen molar-refractivity contribution in [2.45, 2.75) is 38.9 Å². The maximum absolute atomic E-state index is 13.3.